The fourth-order valence-electron chi connectivity index (χ4n) is 2.72. The Bertz CT molecular complexity index is 1260. The molecule has 3 aromatic rings. The highest BCUT2D eigenvalue weighted by Crippen LogP contribution is 2.23. The van der Waals surface area contributed by atoms with Crippen LogP contribution in [0.5, 0.6) is 5.75 Å². The minimum absolute atomic E-state index is 0.0148. The molecule has 0 bridgehead atoms. The second kappa shape index (κ2) is 9.31. The number of hydrogen-bond donors (Lipinski definition) is 2. The minimum atomic E-state index is -3.85. The molecule has 3 aromatic carbocycles. The molecule has 0 aliphatic heterocycles. The number of aryl methyl sites for hydroxylation is 2. The molecule has 1 amide bonds. The summed E-state index contributed by atoms with van der Waals surface area (Å²) in [5.41, 5.74) is 1.60. The summed E-state index contributed by atoms with van der Waals surface area (Å²) in [7, 11) is -3.85. The Hall–Kier alpha value is -3.53. The van der Waals surface area contributed by atoms with E-state index in [0.717, 1.165) is 17.2 Å². The molecular weight excluding hydrogens is 445 g/mol. The van der Waals surface area contributed by atoms with Gasteiger partial charge in [0.1, 0.15) is 5.75 Å². The van der Waals surface area contributed by atoms with Gasteiger partial charge < -0.3 is 10.1 Å². The van der Waals surface area contributed by atoms with Crippen LogP contribution in [-0.2, 0) is 14.8 Å². The van der Waals surface area contributed by atoms with E-state index in [1.54, 1.807) is 19.1 Å². The number of hydrogen-bond acceptors (Lipinski definition) is 4. The average molecular weight is 464 g/mol. The molecule has 0 radical (unpaired) electrons. The maximum absolute atomic E-state index is 13.6. The largest absolute Gasteiger partial charge is 0.484 e. The van der Waals surface area contributed by atoms with Gasteiger partial charge in [-0.25, -0.2) is 21.6 Å². The molecule has 0 atom stereocenters. The molecule has 0 saturated heterocycles. The zero-order valence-electron chi connectivity index (χ0n) is 17.1. The van der Waals surface area contributed by atoms with Crippen LogP contribution in [0.4, 0.5) is 24.5 Å². The van der Waals surface area contributed by atoms with Gasteiger partial charge in [0.2, 0.25) is 0 Å². The van der Waals surface area contributed by atoms with Gasteiger partial charge in [0.25, 0.3) is 15.9 Å². The van der Waals surface area contributed by atoms with Gasteiger partial charge >= 0.3 is 0 Å². The Kier molecular flexibility index (Phi) is 6.73. The number of carbonyl (C=O) groups is 1. The molecule has 0 heterocycles. The molecule has 6 nitrogen and oxygen atoms in total. The summed E-state index contributed by atoms with van der Waals surface area (Å²) < 4.78 is 72.8. The number of carbonyl (C=O) groups excluding carboxylic acids is 1. The van der Waals surface area contributed by atoms with Gasteiger partial charge in [-0.15, -0.1) is 0 Å². The number of nitrogens with one attached hydrogen (secondary N) is 2. The Morgan fingerprint density at radius 3 is 2.28 bits per heavy atom. The van der Waals surface area contributed by atoms with Crippen LogP contribution < -0.4 is 14.8 Å². The fraction of sp³-hybridized carbons (Fsp3) is 0.136. The van der Waals surface area contributed by atoms with Gasteiger partial charge in [0.05, 0.1) is 16.3 Å². The van der Waals surface area contributed by atoms with Crippen molar-refractivity contribution in [2.45, 2.75) is 18.7 Å². The zero-order chi connectivity index (χ0) is 23.5. The Morgan fingerprint density at radius 1 is 0.906 bits per heavy atom. The van der Waals surface area contributed by atoms with Gasteiger partial charge in [-0.05, 0) is 67.4 Å². The number of sulfonamides is 1. The lowest BCUT2D eigenvalue weighted by Gasteiger charge is -2.12. The molecule has 2 N–H and O–H groups in total. The number of benzene rings is 3. The highest BCUT2D eigenvalue weighted by molar-refractivity contribution is 7.92. The lowest BCUT2D eigenvalue weighted by atomic mass is 10.1. The van der Waals surface area contributed by atoms with E-state index in [-0.39, 0.29) is 10.6 Å². The van der Waals surface area contributed by atoms with Crippen LogP contribution in [0, 0.1) is 31.3 Å². The zero-order valence-corrected chi connectivity index (χ0v) is 17.9. The normalized spacial score (nSPS) is 11.2. The van der Waals surface area contributed by atoms with E-state index >= 15 is 0 Å². The molecule has 0 aliphatic carbocycles. The molecule has 0 aromatic heterocycles. The van der Waals surface area contributed by atoms with Crippen LogP contribution >= 0.6 is 0 Å². The number of ether oxygens (including phenoxy) is 1. The summed E-state index contributed by atoms with van der Waals surface area (Å²) in [5.74, 6) is -5.24. The second-order valence-corrected chi connectivity index (χ2v) is 8.64. The number of amides is 1. The number of halogens is 3. The molecule has 32 heavy (non-hydrogen) atoms. The van der Waals surface area contributed by atoms with Crippen molar-refractivity contribution >= 4 is 27.3 Å². The van der Waals surface area contributed by atoms with Crippen LogP contribution in [0.2, 0.25) is 0 Å². The molecule has 168 valence electrons. The highest BCUT2D eigenvalue weighted by Gasteiger charge is 2.17. The van der Waals surface area contributed by atoms with Crippen molar-refractivity contribution < 1.29 is 31.1 Å². The van der Waals surface area contributed by atoms with E-state index in [4.69, 9.17) is 4.74 Å². The van der Waals surface area contributed by atoms with Gasteiger partial charge in [-0.1, -0.05) is 12.1 Å². The standard InChI is InChI=1S/C22H19F3N2O4S/c1-13-3-4-14(2)19(11-13)27-32(29,30)16-7-5-15(6-8-16)31-12-20(28)26-18-10-9-17(23)21(24)22(18)25/h3-11,27H,12H2,1-2H3,(H,26,28). The van der Waals surface area contributed by atoms with Crippen molar-refractivity contribution in [1.82, 2.24) is 0 Å². The van der Waals surface area contributed by atoms with E-state index in [9.17, 15) is 26.4 Å². The van der Waals surface area contributed by atoms with Gasteiger partial charge in [-0.3, -0.25) is 9.52 Å². The molecule has 3 rings (SSSR count). The second-order valence-electron chi connectivity index (χ2n) is 6.96. The van der Waals surface area contributed by atoms with Crippen molar-refractivity contribution in [2.24, 2.45) is 0 Å². The van der Waals surface area contributed by atoms with Crippen LogP contribution in [0.3, 0.4) is 0 Å². The first-order valence-corrected chi connectivity index (χ1v) is 10.8. The van der Waals surface area contributed by atoms with E-state index in [0.29, 0.717) is 11.8 Å². The summed E-state index contributed by atoms with van der Waals surface area (Å²) in [6.45, 7) is 3.07. The molecule has 0 spiro atoms. The summed E-state index contributed by atoms with van der Waals surface area (Å²) in [4.78, 5) is 11.9. The fourth-order valence-corrected chi connectivity index (χ4v) is 3.84. The van der Waals surface area contributed by atoms with Crippen LogP contribution in [-0.4, -0.2) is 20.9 Å². The summed E-state index contributed by atoms with van der Waals surface area (Å²) in [6, 6.07) is 12.3. The van der Waals surface area contributed by atoms with E-state index in [1.165, 1.54) is 24.3 Å². The molecule has 10 heteroatoms. The first-order valence-electron chi connectivity index (χ1n) is 9.33. The number of anilines is 2. The molecule has 0 saturated carbocycles. The Balaban J connectivity index is 1.62. The molecule has 0 fully saturated rings. The minimum Gasteiger partial charge on any atom is -0.484 e. The predicted molar refractivity (Wildman–Crippen MR) is 114 cm³/mol. The first kappa shape index (κ1) is 23.1. The van der Waals surface area contributed by atoms with Gasteiger partial charge in [0.15, 0.2) is 24.1 Å². The van der Waals surface area contributed by atoms with Crippen LogP contribution in [0.25, 0.3) is 0 Å². The Morgan fingerprint density at radius 2 is 1.59 bits per heavy atom. The van der Waals surface area contributed by atoms with Crippen molar-refractivity contribution in [2.75, 3.05) is 16.6 Å². The smallest absolute Gasteiger partial charge is 0.262 e. The lowest BCUT2D eigenvalue weighted by Crippen LogP contribution is -2.21. The summed E-state index contributed by atoms with van der Waals surface area (Å²) in [5, 5.41) is 2.07. The van der Waals surface area contributed by atoms with Crippen LogP contribution in [0.1, 0.15) is 11.1 Å². The predicted octanol–water partition coefficient (Wildman–Crippen LogP) is 4.54. The van der Waals surface area contributed by atoms with E-state index < -0.39 is 45.7 Å². The SMILES string of the molecule is Cc1ccc(C)c(NS(=O)(=O)c2ccc(OCC(=O)Nc3ccc(F)c(F)c3F)cc2)c1. The van der Waals surface area contributed by atoms with Crippen molar-refractivity contribution in [1.29, 1.82) is 0 Å². The Labute approximate surface area is 183 Å². The third-order valence-electron chi connectivity index (χ3n) is 4.45. The van der Waals surface area contributed by atoms with Crippen LogP contribution in [0.15, 0.2) is 59.5 Å². The molecular formula is C22H19F3N2O4S. The van der Waals surface area contributed by atoms with Crippen molar-refractivity contribution in [3.05, 3.63) is 83.2 Å². The topological polar surface area (TPSA) is 84.5 Å². The average Bonchev–Trinajstić information content (AvgIpc) is 2.75. The monoisotopic (exact) mass is 464 g/mol. The third kappa shape index (κ3) is 5.38. The summed E-state index contributed by atoms with van der Waals surface area (Å²) >= 11 is 0. The first-order chi connectivity index (χ1) is 15.1. The maximum Gasteiger partial charge on any atom is 0.262 e. The number of rotatable bonds is 7. The lowest BCUT2D eigenvalue weighted by molar-refractivity contribution is -0.118. The summed E-state index contributed by atoms with van der Waals surface area (Å²) in [6.07, 6.45) is 0. The molecule has 0 aliphatic rings. The molecule has 0 unspecified atom stereocenters. The third-order valence-corrected chi connectivity index (χ3v) is 5.83. The van der Waals surface area contributed by atoms with E-state index in [1.807, 2.05) is 13.0 Å². The van der Waals surface area contributed by atoms with Crippen molar-refractivity contribution in [3.8, 4) is 5.75 Å². The van der Waals surface area contributed by atoms with Gasteiger partial charge in [-0.2, -0.15) is 0 Å². The van der Waals surface area contributed by atoms with Crippen molar-refractivity contribution in [3.63, 3.8) is 0 Å². The van der Waals surface area contributed by atoms with E-state index in [2.05, 4.69) is 10.0 Å². The maximum atomic E-state index is 13.6. The quantitative estimate of drug-likeness (QED) is 0.503. The van der Waals surface area contributed by atoms with Gasteiger partial charge in [0, 0.05) is 0 Å². The highest BCUT2D eigenvalue weighted by atomic mass is 32.2.